The molecule has 1 aromatic rings. The normalized spacial score (nSPS) is 15.0. The third-order valence-electron chi connectivity index (χ3n) is 2.54. The van der Waals surface area contributed by atoms with Gasteiger partial charge in [-0.1, -0.05) is 0 Å². The summed E-state index contributed by atoms with van der Waals surface area (Å²) in [6.45, 7) is 7.77. The van der Waals surface area contributed by atoms with Gasteiger partial charge in [0.05, 0.1) is 18.4 Å². The summed E-state index contributed by atoms with van der Waals surface area (Å²) in [5, 5.41) is 3.00. The molecule has 0 radical (unpaired) electrons. The number of nitrogens with one attached hydrogen (secondary N) is 1. The third kappa shape index (κ3) is 6.22. The summed E-state index contributed by atoms with van der Waals surface area (Å²) in [6.07, 6.45) is 1.56. The van der Waals surface area contributed by atoms with Gasteiger partial charge in [0.1, 0.15) is 11.4 Å². The van der Waals surface area contributed by atoms with Gasteiger partial charge in [0.2, 0.25) is 5.91 Å². The van der Waals surface area contributed by atoms with Crippen molar-refractivity contribution in [3.8, 4) is 0 Å². The highest BCUT2D eigenvalue weighted by Crippen LogP contribution is 2.13. The zero-order valence-electron chi connectivity index (χ0n) is 12.6. The predicted octanol–water partition coefficient (Wildman–Crippen LogP) is 0.558. The number of rotatable bonds is 2. The molecule has 2 heterocycles. The number of carbonyl (C=O) groups is 2. The molecule has 21 heavy (non-hydrogen) atoms. The quantitative estimate of drug-likeness (QED) is 0.773. The number of amides is 1. The second kappa shape index (κ2) is 7.58. The SMILES string of the molecule is CC(C)(C)OC=O.Nc1ccc(N2CCNCC2=O)nc1. The van der Waals surface area contributed by atoms with Crippen molar-refractivity contribution >= 4 is 23.9 Å². The Labute approximate surface area is 124 Å². The van der Waals surface area contributed by atoms with Gasteiger partial charge in [-0.15, -0.1) is 0 Å². The van der Waals surface area contributed by atoms with Crippen LogP contribution in [0.1, 0.15) is 20.8 Å². The molecule has 7 nitrogen and oxygen atoms in total. The Morgan fingerprint density at radius 3 is 2.57 bits per heavy atom. The molecule has 0 spiro atoms. The molecule has 7 heteroatoms. The Bertz CT molecular complexity index is 468. The smallest absolute Gasteiger partial charge is 0.293 e. The molecular weight excluding hydrogens is 272 g/mol. The van der Waals surface area contributed by atoms with Crippen LogP contribution in [0, 0.1) is 0 Å². The number of hydrogen-bond donors (Lipinski definition) is 2. The molecule has 0 bridgehead atoms. The van der Waals surface area contributed by atoms with Crippen LogP contribution in [0.5, 0.6) is 0 Å². The fourth-order valence-corrected chi connectivity index (χ4v) is 1.55. The van der Waals surface area contributed by atoms with Crippen molar-refractivity contribution in [2.45, 2.75) is 26.4 Å². The van der Waals surface area contributed by atoms with Crippen LogP contribution in [0.15, 0.2) is 18.3 Å². The number of carbonyl (C=O) groups excluding carboxylic acids is 2. The van der Waals surface area contributed by atoms with Crippen molar-refractivity contribution in [2.75, 3.05) is 30.3 Å². The van der Waals surface area contributed by atoms with E-state index in [1.54, 1.807) is 23.2 Å². The molecule has 0 aromatic carbocycles. The number of nitrogens with zero attached hydrogens (tertiary/aromatic N) is 2. The summed E-state index contributed by atoms with van der Waals surface area (Å²) < 4.78 is 4.55. The second-order valence-corrected chi connectivity index (χ2v) is 5.50. The van der Waals surface area contributed by atoms with Crippen molar-refractivity contribution in [1.29, 1.82) is 0 Å². The van der Waals surface area contributed by atoms with E-state index in [-0.39, 0.29) is 11.5 Å². The van der Waals surface area contributed by atoms with Crippen LogP contribution in [0.4, 0.5) is 11.5 Å². The number of piperazine rings is 1. The lowest BCUT2D eigenvalue weighted by Crippen LogP contribution is -2.48. The summed E-state index contributed by atoms with van der Waals surface area (Å²) in [6, 6.07) is 3.51. The average Bonchev–Trinajstić information content (AvgIpc) is 2.40. The van der Waals surface area contributed by atoms with Crippen molar-refractivity contribution in [1.82, 2.24) is 10.3 Å². The zero-order valence-corrected chi connectivity index (χ0v) is 12.6. The maximum absolute atomic E-state index is 11.5. The van der Waals surface area contributed by atoms with Crippen LogP contribution in [0.2, 0.25) is 0 Å². The minimum atomic E-state index is -0.318. The first-order chi connectivity index (χ1) is 9.83. The zero-order chi connectivity index (χ0) is 15.9. The Balaban J connectivity index is 0.000000270. The molecule has 1 aliphatic rings. The van der Waals surface area contributed by atoms with E-state index in [4.69, 9.17) is 5.73 Å². The third-order valence-corrected chi connectivity index (χ3v) is 2.54. The van der Waals surface area contributed by atoms with Gasteiger partial charge in [0, 0.05) is 13.1 Å². The largest absolute Gasteiger partial charge is 0.462 e. The van der Waals surface area contributed by atoms with Gasteiger partial charge in [0.15, 0.2) is 0 Å². The first-order valence-electron chi connectivity index (χ1n) is 6.67. The van der Waals surface area contributed by atoms with Crippen LogP contribution in [-0.4, -0.2) is 42.6 Å². The van der Waals surface area contributed by atoms with E-state index in [1.165, 1.54) is 0 Å². The molecule has 1 fully saturated rings. The predicted molar refractivity (Wildman–Crippen MR) is 80.8 cm³/mol. The monoisotopic (exact) mass is 294 g/mol. The van der Waals surface area contributed by atoms with Crippen molar-refractivity contribution < 1.29 is 14.3 Å². The van der Waals surface area contributed by atoms with Gasteiger partial charge in [-0.2, -0.15) is 0 Å². The van der Waals surface area contributed by atoms with Crippen LogP contribution >= 0.6 is 0 Å². The first kappa shape index (κ1) is 16.9. The molecule has 1 amide bonds. The number of pyridine rings is 1. The molecule has 2 rings (SSSR count). The van der Waals surface area contributed by atoms with Gasteiger partial charge in [0.25, 0.3) is 6.47 Å². The van der Waals surface area contributed by atoms with Crippen molar-refractivity contribution in [2.24, 2.45) is 0 Å². The second-order valence-electron chi connectivity index (χ2n) is 5.50. The van der Waals surface area contributed by atoms with E-state index in [0.717, 1.165) is 6.54 Å². The van der Waals surface area contributed by atoms with Gasteiger partial charge >= 0.3 is 0 Å². The van der Waals surface area contributed by atoms with E-state index < -0.39 is 0 Å². The standard InChI is InChI=1S/C9H12N4O.C5H10O2/c10-7-1-2-8(12-5-7)13-4-3-11-6-9(13)14;1-5(2,3)7-4-6/h1-2,5,11H,3-4,6,10H2;4H,1-3H3. The molecule has 0 unspecified atom stereocenters. The van der Waals surface area contributed by atoms with Crippen LogP contribution < -0.4 is 16.0 Å². The Morgan fingerprint density at radius 2 is 2.14 bits per heavy atom. The Morgan fingerprint density at radius 1 is 1.43 bits per heavy atom. The molecular formula is C14H22N4O3. The number of aromatic nitrogens is 1. The number of nitrogen functional groups attached to an aromatic ring is 1. The summed E-state index contributed by atoms with van der Waals surface area (Å²) in [4.78, 5) is 26.8. The van der Waals surface area contributed by atoms with Crippen molar-refractivity contribution in [3.05, 3.63) is 18.3 Å². The minimum absolute atomic E-state index is 0.0496. The number of hydrogen-bond acceptors (Lipinski definition) is 6. The molecule has 1 aromatic heterocycles. The van der Waals surface area contributed by atoms with E-state index in [9.17, 15) is 9.59 Å². The fraction of sp³-hybridized carbons (Fsp3) is 0.500. The van der Waals surface area contributed by atoms with Gasteiger partial charge in [-0.3, -0.25) is 14.5 Å². The summed E-state index contributed by atoms with van der Waals surface area (Å²) in [5.41, 5.74) is 5.80. The van der Waals surface area contributed by atoms with Gasteiger partial charge < -0.3 is 15.8 Å². The number of ether oxygens (including phenoxy) is 1. The summed E-state index contributed by atoms with van der Waals surface area (Å²) in [5.74, 6) is 0.722. The Hall–Kier alpha value is -2.15. The van der Waals surface area contributed by atoms with Gasteiger partial charge in [-0.05, 0) is 32.9 Å². The molecule has 1 aliphatic heterocycles. The topological polar surface area (TPSA) is 97.5 Å². The maximum atomic E-state index is 11.5. The highest BCUT2D eigenvalue weighted by atomic mass is 16.5. The molecule has 1 saturated heterocycles. The van der Waals surface area contributed by atoms with Gasteiger partial charge in [-0.25, -0.2) is 4.98 Å². The summed E-state index contributed by atoms with van der Waals surface area (Å²) >= 11 is 0. The molecule has 116 valence electrons. The highest BCUT2D eigenvalue weighted by Gasteiger charge is 2.19. The van der Waals surface area contributed by atoms with E-state index >= 15 is 0 Å². The van der Waals surface area contributed by atoms with Crippen LogP contribution in [0.25, 0.3) is 0 Å². The number of nitrogens with two attached hydrogens (primary N) is 1. The van der Waals surface area contributed by atoms with Crippen LogP contribution in [0.3, 0.4) is 0 Å². The first-order valence-corrected chi connectivity index (χ1v) is 6.67. The lowest BCUT2D eigenvalue weighted by atomic mass is 10.2. The fourth-order valence-electron chi connectivity index (χ4n) is 1.55. The van der Waals surface area contributed by atoms with Crippen LogP contribution in [-0.2, 0) is 14.3 Å². The average molecular weight is 294 g/mol. The lowest BCUT2D eigenvalue weighted by Gasteiger charge is -2.26. The highest BCUT2D eigenvalue weighted by molar-refractivity contribution is 5.94. The van der Waals surface area contributed by atoms with E-state index in [2.05, 4.69) is 15.0 Å². The Kier molecular flexibility index (Phi) is 6.10. The van der Waals surface area contributed by atoms with Crippen molar-refractivity contribution in [3.63, 3.8) is 0 Å². The maximum Gasteiger partial charge on any atom is 0.293 e. The molecule has 0 saturated carbocycles. The van der Waals surface area contributed by atoms with E-state index in [0.29, 0.717) is 31.1 Å². The summed E-state index contributed by atoms with van der Waals surface area (Å²) in [7, 11) is 0. The number of anilines is 2. The molecule has 3 N–H and O–H groups in total. The lowest BCUT2D eigenvalue weighted by molar-refractivity contribution is -0.138. The van der Waals surface area contributed by atoms with E-state index in [1.807, 2.05) is 20.8 Å². The molecule has 0 atom stereocenters. The minimum Gasteiger partial charge on any atom is -0.462 e. The molecule has 0 aliphatic carbocycles.